The van der Waals surface area contributed by atoms with Crippen LogP contribution in [0.1, 0.15) is 20.8 Å². The fourth-order valence-electron chi connectivity index (χ4n) is 2.72. The topological polar surface area (TPSA) is 108 Å². The highest BCUT2D eigenvalue weighted by Gasteiger charge is 2.26. The standard InChI is InChI=1S/C17H16ClN5O4S2/c1-17(2,3)27-16(24)23-12-8-11(5-4-10(12)9-19-23)21-29(25,26)14-13(18)20-15-22(14)6-7-28-15/h4-9,21H,1-3H3. The first kappa shape index (κ1) is 19.7. The monoisotopic (exact) mass is 453 g/mol. The average Bonchev–Trinajstić information content (AvgIpc) is 3.25. The van der Waals surface area contributed by atoms with Crippen LogP contribution < -0.4 is 4.72 Å². The fraction of sp³-hybridized carbons (Fsp3) is 0.235. The normalized spacial score (nSPS) is 12.6. The summed E-state index contributed by atoms with van der Waals surface area (Å²) in [7, 11) is -4.03. The Labute approximate surface area is 174 Å². The molecule has 152 valence electrons. The molecule has 0 bridgehead atoms. The molecule has 0 aliphatic rings. The van der Waals surface area contributed by atoms with Crippen molar-refractivity contribution in [1.82, 2.24) is 19.2 Å². The number of aromatic nitrogens is 4. The van der Waals surface area contributed by atoms with Gasteiger partial charge in [-0.15, -0.1) is 11.3 Å². The number of hydrogen-bond donors (Lipinski definition) is 1. The first-order valence-electron chi connectivity index (χ1n) is 8.40. The van der Waals surface area contributed by atoms with Crippen molar-refractivity contribution in [3.63, 3.8) is 0 Å². The third kappa shape index (κ3) is 3.68. The highest BCUT2D eigenvalue weighted by atomic mass is 35.5. The van der Waals surface area contributed by atoms with E-state index in [-0.39, 0.29) is 15.9 Å². The molecule has 0 unspecified atom stereocenters. The Morgan fingerprint density at radius 2 is 2.07 bits per heavy atom. The van der Waals surface area contributed by atoms with E-state index in [1.165, 1.54) is 28.0 Å². The molecule has 3 heterocycles. The maximum atomic E-state index is 12.9. The number of benzene rings is 1. The minimum Gasteiger partial charge on any atom is -0.442 e. The summed E-state index contributed by atoms with van der Waals surface area (Å²) in [5.74, 6) is 0. The van der Waals surface area contributed by atoms with Gasteiger partial charge in [0.15, 0.2) is 15.1 Å². The molecule has 0 fully saturated rings. The van der Waals surface area contributed by atoms with E-state index in [1.54, 1.807) is 44.5 Å². The van der Waals surface area contributed by atoms with Crippen LogP contribution in [-0.2, 0) is 14.8 Å². The number of ether oxygens (including phenoxy) is 1. The Bertz CT molecular complexity index is 1350. The maximum absolute atomic E-state index is 12.9. The maximum Gasteiger partial charge on any atom is 0.435 e. The van der Waals surface area contributed by atoms with Crippen LogP contribution in [0.15, 0.2) is 41.0 Å². The van der Waals surface area contributed by atoms with Crippen molar-refractivity contribution < 1.29 is 17.9 Å². The van der Waals surface area contributed by atoms with Gasteiger partial charge in [0, 0.05) is 17.0 Å². The minimum atomic E-state index is -4.03. The number of hydrogen-bond acceptors (Lipinski definition) is 7. The Kier molecular flexibility index (Phi) is 4.56. The molecule has 0 saturated heterocycles. The van der Waals surface area contributed by atoms with Gasteiger partial charge in [0.1, 0.15) is 5.60 Å². The van der Waals surface area contributed by atoms with E-state index in [2.05, 4.69) is 14.8 Å². The Hall–Kier alpha value is -2.63. The number of nitrogens with one attached hydrogen (secondary N) is 1. The highest BCUT2D eigenvalue weighted by Crippen LogP contribution is 2.28. The molecule has 4 rings (SSSR count). The molecule has 9 nitrogen and oxygen atoms in total. The molecule has 0 spiro atoms. The smallest absolute Gasteiger partial charge is 0.435 e. The van der Waals surface area contributed by atoms with Gasteiger partial charge in [-0.3, -0.25) is 9.12 Å². The number of fused-ring (bicyclic) bond motifs is 2. The summed E-state index contributed by atoms with van der Waals surface area (Å²) in [5, 5.41) is 6.13. The van der Waals surface area contributed by atoms with Crippen molar-refractivity contribution in [1.29, 1.82) is 0 Å². The lowest BCUT2D eigenvalue weighted by Crippen LogP contribution is -2.27. The molecule has 3 aromatic heterocycles. The lowest BCUT2D eigenvalue weighted by atomic mass is 10.2. The summed E-state index contributed by atoms with van der Waals surface area (Å²) < 4.78 is 36.1. The molecule has 0 amide bonds. The van der Waals surface area contributed by atoms with Crippen molar-refractivity contribution >= 4 is 60.6 Å². The number of sulfonamides is 1. The molecular formula is C17H16ClN5O4S2. The quantitative estimate of drug-likeness (QED) is 0.502. The van der Waals surface area contributed by atoms with E-state index in [4.69, 9.17) is 16.3 Å². The predicted octanol–water partition coefficient (Wildman–Crippen LogP) is 3.98. The first-order valence-corrected chi connectivity index (χ1v) is 11.1. The molecule has 0 atom stereocenters. The van der Waals surface area contributed by atoms with Gasteiger partial charge in [0.25, 0.3) is 10.0 Å². The second-order valence-corrected chi connectivity index (χ2v) is 10.0. The van der Waals surface area contributed by atoms with E-state index in [0.717, 1.165) is 4.68 Å². The molecule has 4 aromatic rings. The van der Waals surface area contributed by atoms with Crippen molar-refractivity contribution in [2.75, 3.05) is 4.72 Å². The molecule has 29 heavy (non-hydrogen) atoms. The minimum absolute atomic E-state index is 0.121. The van der Waals surface area contributed by atoms with Crippen LogP contribution in [-0.4, -0.2) is 39.3 Å². The van der Waals surface area contributed by atoms with Crippen molar-refractivity contribution in [3.05, 3.63) is 41.1 Å². The number of nitrogens with zero attached hydrogens (tertiary/aromatic N) is 4. The molecule has 0 radical (unpaired) electrons. The second-order valence-electron chi connectivity index (χ2n) is 7.18. The molecule has 12 heteroatoms. The Balaban J connectivity index is 1.71. The van der Waals surface area contributed by atoms with E-state index < -0.39 is 21.7 Å². The number of anilines is 1. The van der Waals surface area contributed by atoms with Crippen molar-refractivity contribution in [2.45, 2.75) is 31.4 Å². The van der Waals surface area contributed by atoms with E-state index in [1.807, 2.05) is 0 Å². The highest BCUT2D eigenvalue weighted by molar-refractivity contribution is 7.92. The van der Waals surface area contributed by atoms with Crippen molar-refractivity contribution in [2.24, 2.45) is 0 Å². The van der Waals surface area contributed by atoms with Gasteiger partial charge in [-0.2, -0.15) is 18.2 Å². The van der Waals surface area contributed by atoms with Crippen LogP contribution in [0.4, 0.5) is 10.5 Å². The molecule has 0 aliphatic carbocycles. The van der Waals surface area contributed by atoms with Gasteiger partial charge >= 0.3 is 6.09 Å². The van der Waals surface area contributed by atoms with Crippen LogP contribution in [0.5, 0.6) is 0 Å². The third-order valence-electron chi connectivity index (χ3n) is 3.82. The van der Waals surface area contributed by atoms with Gasteiger partial charge in [-0.1, -0.05) is 11.6 Å². The fourth-order valence-corrected chi connectivity index (χ4v) is 5.22. The predicted molar refractivity (Wildman–Crippen MR) is 110 cm³/mol. The lowest BCUT2D eigenvalue weighted by molar-refractivity contribution is 0.0523. The molecule has 1 aromatic carbocycles. The summed E-state index contributed by atoms with van der Waals surface area (Å²) in [5.41, 5.74) is -0.0530. The lowest BCUT2D eigenvalue weighted by Gasteiger charge is -2.19. The van der Waals surface area contributed by atoms with Crippen LogP contribution in [0.25, 0.3) is 15.9 Å². The zero-order chi connectivity index (χ0) is 21.0. The number of thiazole rings is 1. The Morgan fingerprint density at radius 1 is 1.31 bits per heavy atom. The SMILES string of the molecule is CC(C)(C)OC(=O)n1ncc2ccc(NS(=O)(=O)c3c(Cl)nc4sccn34)cc21. The number of carbonyl (C=O) groups is 1. The summed E-state index contributed by atoms with van der Waals surface area (Å²) in [6, 6.07) is 4.73. The number of rotatable bonds is 3. The van der Waals surface area contributed by atoms with Gasteiger partial charge in [-0.05, 0) is 39.0 Å². The Morgan fingerprint density at radius 3 is 2.79 bits per heavy atom. The van der Waals surface area contributed by atoms with Crippen LogP contribution in [0, 0.1) is 0 Å². The van der Waals surface area contributed by atoms with Crippen LogP contribution >= 0.6 is 22.9 Å². The van der Waals surface area contributed by atoms with Gasteiger partial charge in [-0.25, -0.2) is 9.78 Å². The first-order chi connectivity index (χ1) is 13.5. The zero-order valence-corrected chi connectivity index (χ0v) is 18.0. The molecule has 0 aliphatic heterocycles. The van der Waals surface area contributed by atoms with Crippen molar-refractivity contribution in [3.8, 4) is 0 Å². The average molecular weight is 454 g/mol. The van der Waals surface area contributed by atoms with E-state index >= 15 is 0 Å². The summed E-state index contributed by atoms with van der Waals surface area (Å²) in [6.07, 6.45) is 2.42. The van der Waals surface area contributed by atoms with E-state index in [0.29, 0.717) is 15.9 Å². The van der Waals surface area contributed by atoms with Gasteiger partial charge in [0.2, 0.25) is 0 Å². The molecule has 1 N–H and O–H groups in total. The number of carbonyl (C=O) groups excluding carboxylic acids is 1. The van der Waals surface area contributed by atoms with E-state index in [9.17, 15) is 13.2 Å². The van der Waals surface area contributed by atoms with Crippen LogP contribution in [0.3, 0.4) is 0 Å². The summed E-state index contributed by atoms with van der Waals surface area (Å²) in [6.45, 7) is 5.24. The number of imidazole rings is 1. The van der Waals surface area contributed by atoms with Gasteiger partial charge < -0.3 is 4.74 Å². The largest absolute Gasteiger partial charge is 0.442 e. The number of halogens is 1. The zero-order valence-electron chi connectivity index (χ0n) is 15.6. The summed E-state index contributed by atoms with van der Waals surface area (Å²) >= 11 is 7.32. The molecular weight excluding hydrogens is 438 g/mol. The third-order valence-corrected chi connectivity index (χ3v) is 6.36. The van der Waals surface area contributed by atoms with Crippen LogP contribution in [0.2, 0.25) is 5.15 Å². The van der Waals surface area contributed by atoms with Gasteiger partial charge in [0.05, 0.1) is 17.4 Å². The molecule has 0 saturated carbocycles. The summed E-state index contributed by atoms with van der Waals surface area (Å²) in [4.78, 5) is 16.9. The second kappa shape index (κ2) is 6.71.